The Morgan fingerprint density at radius 2 is 2.04 bits per heavy atom. The number of Topliss-reactive ketones (excluding diaryl/α,β-unsaturated/α-hetero) is 1. The van der Waals surface area contributed by atoms with Crippen LogP contribution >= 0.6 is 0 Å². The molecule has 0 N–H and O–H groups in total. The van der Waals surface area contributed by atoms with Gasteiger partial charge in [0, 0.05) is 18.8 Å². The van der Waals surface area contributed by atoms with Crippen LogP contribution in [0.5, 0.6) is 5.75 Å². The van der Waals surface area contributed by atoms with Crippen molar-refractivity contribution in [1.82, 2.24) is 0 Å². The van der Waals surface area contributed by atoms with E-state index >= 15 is 0 Å². The zero-order valence-electron chi connectivity index (χ0n) is 13.9. The van der Waals surface area contributed by atoms with Gasteiger partial charge < -0.3 is 9.47 Å². The van der Waals surface area contributed by atoms with Crippen LogP contribution in [-0.2, 0) is 20.7 Å². The van der Waals surface area contributed by atoms with Crippen molar-refractivity contribution in [1.29, 1.82) is 0 Å². The highest BCUT2D eigenvalue weighted by Crippen LogP contribution is 2.56. The molecule has 0 bridgehead atoms. The number of esters is 1. The topological polar surface area (TPSA) is 52.6 Å². The molecule has 4 nitrogen and oxygen atoms in total. The monoisotopic (exact) mass is 324 g/mol. The van der Waals surface area contributed by atoms with Crippen LogP contribution in [0.15, 0.2) is 30.3 Å². The van der Waals surface area contributed by atoms with Crippen LogP contribution in [-0.4, -0.2) is 26.0 Å². The van der Waals surface area contributed by atoms with E-state index < -0.39 is 5.41 Å². The van der Waals surface area contributed by atoms with E-state index in [-0.39, 0.29) is 17.7 Å². The van der Waals surface area contributed by atoms with Crippen molar-refractivity contribution >= 4 is 22.5 Å². The molecule has 0 unspecified atom stereocenters. The lowest BCUT2D eigenvalue weighted by molar-refractivity contribution is -0.154. The third-order valence-electron chi connectivity index (χ3n) is 5.77. The SMILES string of the molecule is COC(=O)[C@]12CCc3c(ccc4cc(OC)ccc34)[C@H]1CC(=O)C2. The highest BCUT2D eigenvalue weighted by molar-refractivity contribution is 5.95. The number of ether oxygens (including phenoxy) is 2. The number of fused-ring (bicyclic) bond motifs is 5. The fourth-order valence-electron chi connectivity index (χ4n) is 4.63. The highest BCUT2D eigenvalue weighted by atomic mass is 16.5. The molecule has 0 amide bonds. The molecule has 2 aliphatic rings. The van der Waals surface area contributed by atoms with Gasteiger partial charge in [-0.15, -0.1) is 0 Å². The van der Waals surface area contributed by atoms with Crippen molar-refractivity contribution in [2.24, 2.45) is 5.41 Å². The summed E-state index contributed by atoms with van der Waals surface area (Å²) in [5.74, 6) is 0.692. The van der Waals surface area contributed by atoms with Crippen LogP contribution in [0.2, 0.25) is 0 Å². The first-order valence-corrected chi connectivity index (χ1v) is 8.29. The van der Waals surface area contributed by atoms with Gasteiger partial charge in [-0.25, -0.2) is 0 Å². The second-order valence-corrected chi connectivity index (χ2v) is 6.84. The fraction of sp³-hybridized carbons (Fsp3) is 0.400. The molecule has 0 aliphatic heterocycles. The lowest BCUT2D eigenvalue weighted by atomic mass is 9.65. The summed E-state index contributed by atoms with van der Waals surface area (Å²) in [6.07, 6.45) is 2.21. The summed E-state index contributed by atoms with van der Waals surface area (Å²) in [5, 5.41) is 2.31. The van der Waals surface area contributed by atoms with Gasteiger partial charge >= 0.3 is 5.97 Å². The summed E-state index contributed by atoms with van der Waals surface area (Å²) in [7, 11) is 3.08. The Kier molecular flexibility index (Phi) is 3.37. The van der Waals surface area contributed by atoms with Crippen LogP contribution < -0.4 is 4.74 Å². The maximum Gasteiger partial charge on any atom is 0.312 e. The van der Waals surface area contributed by atoms with Crippen LogP contribution in [0, 0.1) is 5.41 Å². The Bertz CT molecular complexity index is 854. The van der Waals surface area contributed by atoms with Gasteiger partial charge in [0.2, 0.25) is 0 Å². The molecule has 0 heterocycles. The standard InChI is InChI=1S/C20H20O4/c1-23-14-4-6-15-12(9-14)3-5-17-16(15)7-8-20(19(22)24-2)11-13(21)10-18(17)20/h3-6,9,18H,7-8,10-11H2,1-2H3/t18-,20+/m1/s1. The molecule has 4 heteroatoms. The first-order valence-electron chi connectivity index (χ1n) is 8.29. The number of aryl methyl sites for hydroxylation is 1. The van der Waals surface area contributed by atoms with Gasteiger partial charge in [-0.2, -0.15) is 0 Å². The number of ketones is 1. The van der Waals surface area contributed by atoms with Gasteiger partial charge in [-0.05, 0) is 46.9 Å². The molecule has 0 aromatic heterocycles. The number of hydrogen-bond donors (Lipinski definition) is 0. The first-order chi connectivity index (χ1) is 11.6. The number of hydrogen-bond acceptors (Lipinski definition) is 4. The van der Waals surface area contributed by atoms with Crippen molar-refractivity contribution in [3.8, 4) is 5.75 Å². The maximum absolute atomic E-state index is 12.5. The lowest BCUT2D eigenvalue weighted by Gasteiger charge is -2.38. The molecule has 2 aromatic rings. The Balaban J connectivity index is 1.88. The molecule has 24 heavy (non-hydrogen) atoms. The molecule has 124 valence electrons. The Labute approximate surface area is 140 Å². The van der Waals surface area contributed by atoms with Gasteiger partial charge in [0.25, 0.3) is 0 Å². The van der Waals surface area contributed by atoms with Crippen LogP contribution in [0.4, 0.5) is 0 Å². The molecule has 4 rings (SSSR count). The smallest absolute Gasteiger partial charge is 0.312 e. The average molecular weight is 324 g/mol. The minimum Gasteiger partial charge on any atom is -0.497 e. The minimum atomic E-state index is -0.668. The van der Waals surface area contributed by atoms with Gasteiger partial charge in [-0.3, -0.25) is 9.59 Å². The van der Waals surface area contributed by atoms with E-state index in [1.54, 1.807) is 7.11 Å². The predicted octanol–water partition coefficient (Wildman–Crippen LogP) is 3.40. The molecule has 2 aliphatic carbocycles. The number of carbonyl (C=O) groups excluding carboxylic acids is 2. The zero-order valence-corrected chi connectivity index (χ0v) is 13.9. The summed E-state index contributed by atoms with van der Waals surface area (Å²) in [5.41, 5.74) is 1.73. The second-order valence-electron chi connectivity index (χ2n) is 6.84. The first kappa shape index (κ1) is 15.2. The molecular formula is C20H20O4. The Morgan fingerprint density at radius 1 is 1.21 bits per heavy atom. The summed E-state index contributed by atoms with van der Waals surface area (Å²) in [4.78, 5) is 24.6. The van der Waals surface area contributed by atoms with E-state index in [0.29, 0.717) is 19.3 Å². The van der Waals surface area contributed by atoms with Crippen LogP contribution in [0.25, 0.3) is 10.8 Å². The predicted molar refractivity (Wildman–Crippen MR) is 90.3 cm³/mol. The van der Waals surface area contributed by atoms with E-state index in [4.69, 9.17) is 9.47 Å². The van der Waals surface area contributed by atoms with Gasteiger partial charge in [0.15, 0.2) is 0 Å². The molecule has 2 aromatic carbocycles. The molecule has 0 saturated heterocycles. The van der Waals surface area contributed by atoms with Crippen molar-refractivity contribution in [3.05, 3.63) is 41.5 Å². The van der Waals surface area contributed by atoms with E-state index in [2.05, 4.69) is 18.2 Å². The third-order valence-corrected chi connectivity index (χ3v) is 5.77. The average Bonchev–Trinajstić information content (AvgIpc) is 2.97. The van der Waals surface area contributed by atoms with Gasteiger partial charge in [-0.1, -0.05) is 18.2 Å². The number of rotatable bonds is 2. The lowest BCUT2D eigenvalue weighted by Crippen LogP contribution is -2.38. The molecule has 0 spiro atoms. The summed E-state index contributed by atoms with van der Waals surface area (Å²) in [6.45, 7) is 0. The maximum atomic E-state index is 12.5. The van der Waals surface area contributed by atoms with Crippen molar-refractivity contribution in [2.45, 2.75) is 31.6 Å². The van der Waals surface area contributed by atoms with E-state index in [0.717, 1.165) is 23.1 Å². The third kappa shape index (κ3) is 1.98. The van der Waals surface area contributed by atoms with E-state index in [1.807, 2.05) is 12.1 Å². The van der Waals surface area contributed by atoms with Crippen molar-refractivity contribution < 1.29 is 19.1 Å². The van der Waals surface area contributed by atoms with Crippen molar-refractivity contribution in [3.63, 3.8) is 0 Å². The van der Waals surface area contributed by atoms with Crippen LogP contribution in [0.3, 0.4) is 0 Å². The second kappa shape index (κ2) is 5.33. The van der Waals surface area contributed by atoms with E-state index in [9.17, 15) is 9.59 Å². The number of carbonyl (C=O) groups is 2. The quantitative estimate of drug-likeness (QED) is 0.795. The summed E-state index contributed by atoms with van der Waals surface area (Å²) in [6, 6.07) is 10.2. The molecule has 1 saturated carbocycles. The Morgan fingerprint density at radius 3 is 2.79 bits per heavy atom. The molecular weight excluding hydrogens is 304 g/mol. The summed E-state index contributed by atoms with van der Waals surface area (Å²) < 4.78 is 10.4. The molecule has 1 fully saturated rings. The molecule has 0 radical (unpaired) electrons. The van der Waals surface area contributed by atoms with Crippen LogP contribution in [0.1, 0.15) is 36.3 Å². The normalized spacial score (nSPS) is 25.2. The zero-order chi connectivity index (χ0) is 16.9. The van der Waals surface area contributed by atoms with Gasteiger partial charge in [0.1, 0.15) is 11.5 Å². The largest absolute Gasteiger partial charge is 0.497 e. The number of benzene rings is 2. The van der Waals surface area contributed by atoms with E-state index in [1.165, 1.54) is 18.1 Å². The Hall–Kier alpha value is -2.36. The summed E-state index contributed by atoms with van der Waals surface area (Å²) >= 11 is 0. The number of methoxy groups -OCH3 is 2. The molecule has 2 atom stereocenters. The van der Waals surface area contributed by atoms with Crippen molar-refractivity contribution in [2.75, 3.05) is 14.2 Å². The fourth-order valence-corrected chi connectivity index (χ4v) is 4.63. The highest BCUT2D eigenvalue weighted by Gasteiger charge is 2.55. The van der Waals surface area contributed by atoms with Gasteiger partial charge in [0.05, 0.1) is 19.6 Å². The minimum absolute atomic E-state index is 0.0623.